The average Bonchev–Trinajstić information content (AvgIpc) is 3.45. The van der Waals surface area contributed by atoms with Crippen molar-refractivity contribution in [2.45, 2.75) is 32.1 Å². The molecule has 0 atom stereocenters. The van der Waals surface area contributed by atoms with Gasteiger partial charge in [0.05, 0.1) is 11.4 Å². The Morgan fingerprint density at radius 3 is 2.60 bits per heavy atom. The molecule has 3 aromatic rings. The third kappa shape index (κ3) is 3.77. The molecule has 6 heteroatoms. The Morgan fingerprint density at radius 2 is 1.77 bits per heavy atom. The summed E-state index contributed by atoms with van der Waals surface area (Å²) in [4.78, 5) is 14.7. The normalized spacial score (nSPS) is 15.4. The first-order valence-corrected chi connectivity index (χ1v) is 10.6. The molecule has 3 heterocycles. The Bertz CT molecular complexity index is 1040. The Balaban J connectivity index is 1.44. The Labute approximate surface area is 176 Å². The van der Waals surface area contributed by atoms with Gasteiger partial charge in [0.2, 0.25) is 12.7 Å². The van der Waals surface area contributed by atoms with Crippen LogP contribution in [0.5, 0.6) is 11.5 Å². The Hall–Kier alpha value is -3.28. The number of ether oxygens (including phenoxy) is 2. The molecule has 0 saturated carbocycles. The monoisotopic (exact) mass is 403 g/mol. The van der Waals surface area contributed by atoms with Gasteiger partial charge in [-0.3, -0.25) is 4.79 Å². The molecule has 1 saturated heterocycles. The number of hydrogen-bond acceptors (Lipinski definition) is 4. The van der Waals surface area contributed by atoms with Crippen molar-refractivity contribution in [3.63, 3.8) is 0 Å². The van der Waals surface area contributed by atoms with E-state index < -0.39 is 0 Å². The number of piperidine rings is 1. The molecule has 2 aliphatic rings. The quantitative estimate of drug-likeness (QED) is 0.640. The van der Waals surface area contributed by atoms with Crippen LogP contribution in [0, 0.1) is 0 Å². The number of carbonyl (C=O) groups excluding carboxylic acids is 1. The smallest absolute Gasteiger partial charge is 0.231 e. The van der Waals surface area contributed by atoms with E-state index in [2.05, 4.69) is 0 Å². The maximum atomic E-state index is 12.7. The lowest BCUT2D eigenvalue weighted by Crippen LogP contribution is -2.35. The fourth-order valence-corrected chi connectivity index (χ4v) is 4.14. The van der Waals surface area contributed by atoms with Gasteiger partial charge < -0.3 is 14.4 Å². The highest BCUT2D eigenvalue weighted by molar-refractivity contribution is 5.77. The highest BCUT2D eigenvalue weighted by Crippen LogP contribution is 2.36. The minimum absolute atomic E-state index is 0.235. The van der Waals surface area contributed by atoms with Crippen LogP contribution in [0.25, 0.3) is 16.9 Å². The zero-order valence-electron chi connectivity index (χ0n) is 16.9. The molecule has 30 heavy (non-hydrogen) atoms. The van der Waals surface area contributed by atoms with Gasteiger partial charge in [-0.1, -0.05) is 18.2 Å². The van der Waals surface area contributed by atoms with Crippen LogP contribution in [0.3, 0.4) is 0 Å². The molecule has 1 fully saturated rings. The zero-order chi connectivity index (χ0) is 20.3. The number of para-hydroxylation sites is 1. The van der Waals surface area contributed by atoms with Gasteiger partial charge in [-0.2, -0.15) is 5.10 Å². The molecule has 154 valence electrons. The number of amides is 1. The van der Waals surface area contributed by atoms with Gasteiger partial charge in [0.25, 0.3) is 0 Å². The minimum Gasteiger partial charge on any atom is -0.454 e. The van der Waals surface area contributed by atoms with Crippen molar-refractivity contribution in [3.05, 3.63) is 60.3 Å². The number of nitrogens with zero attached hydrogens (tertiary/aromatic N) is 3. The lowest BCUT2D eigenvalue weighted by molar-refractivity contribution is -0.132. The molecule has 0 unspecified atom stereocenters. The van der Waals surface area contributed by atoms with E-state index in [0.717, 1.165) is 59.9 Å². The molecule has 0 radical (unpaired) electrons. The van der Waals surface area contributed by atoms with Crippen LogP contribution in [-0.4, -0.2) is 40.5 Å². The predicted octanol–water partition coefficient (Wildman–Crippen LogP) is 4.21. The molecule has 6 nitrogen and oxygen atoms in total. The van der Waals surface area contributed by atoms with E-state index in [1.165, 1.54) is 6.42 Å². The molecule has 0 aliphatic carbocycles. The van der Waals surface area contributed by atoms with Crippen molar-refractivity contribution in [1.82, 2.24) is 14.7 Å². The summed E-state index contributed by atoms with van der Waals surface area (Å²) in [5, 5.41) is 4.86. The van der Waals surface area contributed by atoms with E-state index in [0.29, 0.717) is 12.8 Å². The Kier molecular flexibility index (Phi) is 5.13. The lowest BCUT2D eigenvalue weighted by Gasteiger charge is -2.26. The topological polar surface area (TPSA) is 56.6 Å². The van der Waals surface area contributed by atoms with Crippen LogP contribution >= 0.6 is 0 Å². The average molecular weight is 403 g/mol. The fourth-order valence-electron chi connectivity index (χ4n) is 4.14. The van der Waals surface area contributed by atoms with Crippen molar-refractivity contribution in [2.75, 3.05) is 19.9 Å². The van der Waals surface area contributed by atoms with Crippen molar-refractivity contribution in [3.8, 4) is 28.4 Å². The SMILES string of the molecule is O=C(CCc1cn(-c2ccccc2)nc1-c1ccc2c(c1)OCO2)N1CCCCC1. The van der Waals surface area contributed by atoms with E-state index in [1.807, 2.05) is 64.3 Å². The number of aromatic nitrogens is 2. The summed E-state index contributed by atoms with van der Waals surface area (Å²) in [6, 6.07) is 15.9. The van der Waals surface area contributed by atoms with E-state index in [-0.39, 0.29) is 12.7 Å². The molecule has 0 N–H and O–H groups in total. The molecule has 2 aromatic carbocycles. The fraction of sp³-hybridized carbons (Fsp3) is 0.333. The Morgan fingerprint density at radius 1 is 0.967 bits per heavy atom. The zero-order valence-corrected chi connectivity index (χ0v) is 16.9. The second kappa shape index (κ2) is 8.22. The molecule has 0 bridgehead atoms. The van der Waals surface area contributed by atoms with E-state index >= 15 is 0 Å². The number of carbonyl (C=O) groups is 1. The summed E-state index contributed by atoms with van der Waals surface area (Å²) in [6.07, 6.45) is 6.64. The lowest BCUT2D eigenvalue weighted by atomic mass is 10.0. The third-order valence-corrected chi connectivity index (χ3v) is 5.77. The number of fused-ring (bicyclic) bond motifs is 1. The summed E-state index contributed by atoms with van der Waals surface area (Å²) in [5.41, 5.74) is 3.90. The first-order chi connectivity index (χ1) is 14.8. The van der Waals surface area contributed by atoms with Gasteiger partial charge in [-0.25, -0.2) is 4.68 Å². The largest absolute Gasteiger partial charge is 0.454 e. The highest BCUT2D eigenvalue weighted by atomic mass is 16.7. The number of benzene rings is 2. The number of hydrogen-bond donors (Lipinski definition) is 0. The first kappa shape index (κ1) is 18.7. The van der Waals surface area contributed by atoms with Crippen LogP contribution in [0.1, 0.15) is 31.2 Å². The second-order valence-electron chi connectivity index (χ2n) is 7.79. The molecule has 5 rings (SSSR count). The predicted molar refractivity (Wildman–Crippen MR) is 114 cm³/mol. The summed E-state index contributed by atoms with van der Waals surface area (Å²) in [7, 11) is 0. The van der Waals surface area contributed by atoms with Crippen molar-refractivity contribution < 1.29 is 14.3 Å². The molecule has 1 amide bonds. The van der Waals surface area contributed by atoms with Crippen molar-refractivity contribution in [2.24, 2.45) is 0 Å². The highest BCUT2D eigenvalue weighted by Gasteiger charge is 2.20. The molecule has 2 aliphatic heterocycles. The van der Waals surface area contributed by atoms with Crippen LogP contribution in [0.2, 0.25) is 0 Å². The van der Waals surface area contributed by atoms with Crippen LogP contribution in [-0.2, 0) is 11.2 Å². The molecular weight excluding hydrogens is 378 g/mol. The maximum absolute atomic E-state index is 12.7. The van der Waals surface area contributed by atoms with Gasteiger partial charge in [0.15, 0.2) is 11.5 Å². The summed E-state index contributed by atoms with van der Waals surface area (Å²) in [6.45, 7) is 2.02. The van der Waals surface area contributed by atoms with Crippen LogP contribution in [0.4, 0.5) is 0 Å². The van der Waals surface area contributed by atoms with Crippen LogP contribution < -0.4 is 9.47 Å². The third-order valence-electron chi connectivity index (χ3n) is 5.77. The number of rotatable bonds is 5. The molecule has 1 aromatic heterocycles. The van der Waals surface area contributed by atoms with Gasteiger partial charge in [-0.15, -0.1) is 0 Å². The van der Waals surface area contributed by atoms with E-state index in [9.17, 15) is 4.79 Å². The van der Waals surface area contributed by atoms with Gasteiger partial charge in [0.1, 0.15) is 0 Å². The van der Waals surface area contributed by atoms with Gasteiger partial charge in [-0.05, 0) is 61.6 Å². The first-order valence-electron chi connectivity index (χ1n) is 10.6. The second-order valence-corrected chi connectivity index (χ2v) is 7.79. The van der Waals surface area contributed by atoms with Crippen molar-refractivity contribution >= 4 is 5.91 Å². The van der Waals surface area contributed by atoms with Crippen LogP contribution in [0.15, 0.2) is 54.7 Å². The summed E-state index contributed by atoms with van der Waals surface area (Å²) >= 11 is 0. The molecule has 0 spiro atoms. The van der Waals surface area contributed by atoms with E-state index in [1.54, 1.807) is 0 Å². The number of aryl methyl sites for hydroxylation is 1. The molecular formula is C24H25N3O3. The standard InChI is InChI=1S/C24H25N3O3/c28-23(26-13-5-2-6-14-26)12-10-19-16-27(20-7-3-1-4-8-20)25-24(19)18-9-11-21-22(15-18)30-17-29-21/h1,3-4,7-9,11,15-16H,2,5-6,10,12-14,17H2. The van der Waals surface area contributed by atoms with Gasteiger partial charge >= 0.3 is 0 Å². The van der Waals surface area contributed by atoms with Crippen molar-refractivity contribution in [1.29, 1.82) is 0 Å². The number of likely N-dealkylation sites (tertiary alicyclic amines) is 1. The van der Waals surface area contributed by atoms with E-state index in [4.69, 9.17) is 14.6 Å². The van der Waals surface area contributed by atoms with Gasteiger partial charge in [0, 0.05) is 31.3 Å². The summed E-state index contributed by atoms with van der Waals surface area (Å²) in [5.74, 6) is 1.72. The maximum Gasteiger partial charge on any atom is 0.231 e. The minimum atomic E-state index is 0.235. The summed E-state index contributed by atoms with van der Waals surface area (Å²) < 4.78 is 12.9.